The lowest BCUT2D eigenvalue weighted by Gasteiger charge is -2.33. The highest BCUT2D eigenvalue weighted by Gasteiger charge is 2.26. The lowest BCUT2D eigenvalue weighted by molar-refractivity contribution is 0.146. The number of rotatable bonds is 3. The summed E-state index contributed by atoms with van der Waals surface area (Å²) in [6.07, 6.45) is 1.99. The average Bonchev–Trinajstić information content (AvgIpc) is 3.16. The first-order valence-corrected chi connectivity index (χ1v) is 8.25. The number of pyridine rings is 1. The molecule has 3 aromatic rings. The van der Waals surface area contributed by atoms with Gasteiger partial charge >= 0.3 is 0 Å². The van der Waals surface area contributed by atoms with Crippen LogP contribution in [0.25, 0.3) is 5.78 Å². The number of halogens is 2. The summed E-state index contributed by atoms with van der Waals surface area (Å²) in [5.74, 6) is 0.882. The highest BCUT2D eigenvalue weighted by Crippen LogP contribution is 2.31. The minimum Gasteiger partial charge on any atom is -0.356 e. The predicted molar refractivity (Wildman–Crippen MR) is 88.9 cm³/mol. The van der Waals surface area contributed by atoms with Crippen molar-refractivity contribution in [2.45, 2.75) is 25.2 Å². The summed E-state index contributed by atoms with van der Waals surface area (Å²) in [5, 5.41) is 13.2. The van der Waals surface area contributed by atoms with Crippen LogP contribution >= 0.6 is 0 Å². The first kappa shape index (κ1) is 16.3. The number of alkyl halides is 2. The molecule has 0 bridgehead atoms. The maximum atomic E-state index is 13.2. The molecule has 0 aliphatic carbocycles. The van der Waals surface area contributed by atoms with Crippen molar-refractivity contribution >= 4 is 11.6 Å². The Bertz CT molecular complexity index is 979. The second-order valence-corrected chi connectivity index (χ2v) is 6.18. The summed E-state index contributed by atoms with van der Waals surface area (Å²) in [4.78, 5) is 14.2. The Hall–Kier alpha value is -3.15. The van der Waals surface area contributed by atoms with Crippen LogP contribution < -0.4 is 4.90 Å². The van der Waals surface area contributed by atoms with E-state index in [0.29, 0.717) is 23.6 Å². The van der Waals surface area contributed by atoms with Gasteiger partial charge in [-0.25, -0.2) is 23.3 Å². The number of hydrogen-bond acceptors (Lipinski definition) is 6. The number of nitrogens with zero attached hydrogens (tertiary/aromatic N) is 7. The molecule has 0 saturated carbocycles. The highest BCUT2D eigenvalue weighted by molar-refractivity contribution is 5.46. The van der Waals surface area contributed by atoms with Gasteiger partial charge in [0, 0.05) is 25.2 Å². The quantitative estimate of drug-likeness (QED) is 0.718. The molecule has 1 saturated heterocycles. The molecule has 1 atom stereocenters. The van der Waals surface area contributed by atoms with E-state index >= 15 is 0 Å². The van der Waals surface area contributed by atoms with Crippen LogP contribution in [0.1, 0.15) is 42.1 Å². The van der Waals surface area contributed by atoms with Crippen molar-refractivity contribution in [3.8, 4) is 6.07 Å². The zero-order valence-electron chi connectivity index (χ0n) is 13.8. The van der Waals surface area contributed by atoms with Crippen molar-refractivity contribution in [2.24, 2.45) is 0 Å². The standard InChI is InChI=1S/C17H15F2N7/c18-16(19)13-7-14(26-17(24-13)22-10-23-26)12-2-1-5-25(9-12)15-6-11(8-20)3-4-21-15/h3-4,6-7,10,12,16H,1-2,5,9H2/t12-/m0/s1. The van der Waals surface area contributed by atoms with Gasteiger partial charge in [0.15, 0.2) is 0 Å². The third kappa shape index (κ3) is 2.94. The van der Waals surface area contributed by atoms with Gasteiger partial charge in [-0.15, -0.1) is 0 Å². The number of nitriles is 1. The van der Waals surface area contributed by atoms with Crippen LogP contribution in [0.3, 0.4) is 0 Å². The fourth-order valence-corrected chi connectivity index (χ4v) is 3.34. The molecule has 1 fully saturated rings. The van der Waals surface area contributed by atoms with Gasteiger partial charge in [-0.05, 0) is 31.0 Å². The zero-order chi connectivity index (χ0) is 18.1. The summed E-state index contributed by atoms with van der Waals surface area (Å²) in [5.41, 5.74) is 0.922. The van der Waals surface area contributed by atoms with E-state index in [0.717, 1.165) is 19.4 Å². The number of fused-ring (bicyclic) bond motifs is 1. The summed E-state index contributed by atoms with van der Waals surface area (Å²) in [6, 6.07) is 6.92. The van der Waals surface area contributed by atoms with Gasteiger partial charge in [0.2, 0.25) is 0 Å². The number of piperidine rings is 1. The van der Waals surface area contributed by atoms with E-state index < -0.39 is 6.43 Å². The van der Waals surface area contributed by atoms with Crippen LogP contribution in [0.2, 0.25) is 0 Å². The Kier molecular flexibility index (Phi) is 4.16. The Morgan fingerprint density at radius 2 is 2.15 bits per heavy atom. The van der Waals surface area contributed by atoms with E-state index in [1.54, 1.807) is 18.3 Å². The molecular weight excluding hydrogens is 340 g/mol. The molecule has 1 aliphatic rings. The molecule has 0 spiro atoms. The van der Waals surface area contributed by atoms with Crippen molar-refractivity contribution in [1.29, 1.82) is 5.26 Å². The monoisotopic (exact) mass is 355 g/mol. The number of aromatic nitrogens is 5. The van der Waals surface area contributed by atoms with Gasteiger partial charge in [0.05, 0.1) is 17.3 Å². The smallest absolute Gasteiger partial charge is 0.280 e. The summed E-state index contributed by atoms with van der Waals surface area (Å²) in [6.45, 7) is 1.40. The van der Waals surface area contributed by atoms with Crippen LogP contribution in [0.4, 0.5) is 14.6 Å². The average molecular weight is 355 g/mol. The molecule has 0 radical (unpaired) electrons. The highest BCUT2D eigenvalue weighted by atomic mass is 19.3. The van der Waals surface area contributed by atoms with E-state index in [-0.39, 0.29) is 17.4 Å². The van der Waals surface area contributed by atoms with Gasteiger partial charge in [-0.2, -0.15) is 15.3 Å². The van der Waals surface area contributed by atoms with Crippen molar-refractivity contribution < 1.29 is 8.78 Å². The van der Waals surface area contributed by atoms with E-state index in [1.165, 1.54) is 16.9 Å². The maximum Gasteiger partial charge on any atom is 0.280 e. The molecule has 0 aromatic carbocycles. The van der Waals surface area contributed by atoms with E-state index in [9.17, 15) is 8.78 Å². The lowest BCUT2D eigenvalue weighted by Crippen LogP contribution is -2.35. The SMILES string of the molecule is N#Cc1ccnc(N2CCC[C@H](c3cc(C(F)F)nc4ncnn34)C2)c1. The summed E-state index contributed by atoms with van der Waals surface area (Å²) >= 11 is 0. The van der Waals surface area contributed by atoms with Crippen molar-refractivity contribution in [3.63, 3.8) is 0 Å². The van der Waals surface area contributed by atoms with Crippen LogP contribution in [0.15, 0.2) is 30.7 Å². The van der Waals surface area contributed by atoms with Crippen molar-refractivity contribution in [1.82, 2.24) is 24.6 Å². The maximum absolute atomic E-state index is 13.2. The minimum absolute atomic E-state index is 0.0130. The van der Waals surface area contributed by atoms with Gasteiger partial charge in [-0.3, -0.25) is 0 Å². The van der Waals surface area contributed by atoms with Crippen molar-refractivity contribution in [2.75, 3.05) is 18.0 Å². The number of anilines is 1. The lowest BCUT2D eigenvalue weighted by atomic mass is 9.94. The molecule has 9 heteroatoms. The Balaban J connectivity index is 1.69. The van der Waals surface area contributed by atoms with Crippen molar-refractivity contribution in [3.05, 3.63) is 47.7 Å². The third-order valence-electron chi connectivity index (χ3n) is 4.56. The normalized spacial score (nSPS) is 17.6. The number of hydrogen-bond donors (Lipinski definition) is 0. The molecule has 7 nitrogen and oxygen atoms in total. The van der Waals surface area contributed by atoms with Crippen LogP contribution in [0, 0.1) is 11.3 Å². The fourth-order valence-electron chi connectivity index (χ4n) is 3.34. The molecule has 4 rings (SSSR count). The molecule has 3 aromatic heterocycles. The summed E-state index contributed by atoms with van der Waals surface area (Å²) < 4.78 is 27.9. The van der Waals surface area contributed by atoms with Gasteiger partial charge in [0.25, 0.3) is 12.2 Å². The predicted octanol–water partition coefficient (Wildman–Crippen LogP) is 2.71. The van der Waals surface area contributed by atoms with Gasteiger partial charge in [0.1, 0.15) is 17.8 Å². The molecule has 1 aliphatic heterocycles. The molecule has 132 valence electrons. The molecular formula is C17H15F2N7. The minimum atomic E-state index is -2.66. The third-order valence-corrected chi connectivity index (χ3v) is 4.56. The van der Waals surface area contributed by atoms with Crippen LogP contribution in [0.5, 0.6) is 0 Å². The topological polar surface area (TPSA) is 83.0 Å². The second kappa shape index (κ2) is 6.63. The second-order valence-electron chi connectivity index (χ2n) is 6.18. The fraction of sp³-hybridized carbons (Fsp3) is 0.353. The Morgan fingerprint density at radius 3 is 2.96 bits per heavy atom. The zero-order valence-corrected chi connectivity index (χ0v) is 13.8. The van der Waals surface area contributed by atoms with Crippen LogP contribution in [-0.4, -0.2) is 37.7 Å². The molecule has 4 heterocycles. The van der Waals surface area contributed by atoms with Crippen LogP contribution in [-0.2, 0) is 0 Å². The molecule has 26 heavy (non-hydrogen) atoms. The van der Waals surface area contributed by atoms with E-state index in [2.05, 4.69) is 31.0 Å². The van der Waals surface area contributed by atoms with Gasteiger partial charge < -0.3 is 4.90 Å². The molecule has 0 N–H and O–H groups in total. The largest absolute Gasteiger partial charge is 0.356 e. The first-order valence-electron chi connectivity index (χ1n) is 8.25. The Labute approximate surface area is 147 Å². The first-order chi connectivity index (χ1) is 12.7. The van der Waals surface area contributed by atoms with E-state index in [4.69, 9.17) is 5.26 Å². The molecule has 0 unspecified atom stereocenters. The molecule has 0 amide bonds. The Morgan fingerprint density at radius 1 is 1.27 bits per heavy atom. The van der Waals surface area contributed by atoms with Gasteiger partial charge in [-0.1, -0.05) is 0 Å². The summed E-state index contributed by atoms with van der Waals surface area (Å²) in [7, 11) is 0. The van der Waals surface area contributed by atoms with E-state index in [1.807, 2.05) is 0 Å².